The summed E-state index contributed by atoms with van der Waals surface area (Å²) in [6.07, 6.45) is 4.31. The Bertz CT molecular complexity index is 838. The van der Waals surface area contributed by atoms with Crippen molar-refractivity contribution in [1.29, 1.82) is 0 Å². The van der Waals surface area contributed by atoms with Crippen molar-refractivity contribution < 1.29 is 19.5 Å². The van der Waals surface area contributed by atoms with Gasteiger partial charge in [0.2, 0.25) is 17.7 Å². The van der Waals surface area contributed by atoms with Crippen LogP contribution in [0.5, 0.6) is 0 Å². The molecule has 0 heterocycles. The average Bonchev–Trinajstić information content (AvgIpc) is 2.76. The molecule has 2 rings (SSSR count). The van der Waals surface area contributed by atoms with Gasteiger partial charge in [0.15, 0.2) is 0 Å². The van der Waals surface area contributed by atoms with Gasteiger partial charge in [-0.1, -0.05) is 43.2 Å². The van der Waals surface area contributed by atoms with Gasteiger partial charge >= 0.3 is 0 Å². The molecule has 4 N–H and O–H groups in total. The van der Waals surface area contributed by atoms with Gasteiger partial charge in [0.1, 0.15) is 0 Å². The molecule has 0 unspecified atom stereocenters. The number of unbranched alkanes of at least 4 members (excludes halogenated alkanes) is 3. The Kier molecular flexibility index (Phi) is 10.2. The highest BCUT2D eigenvalue weighted by Gasteiger charge is 2.15. The number of aliphatic hydroxyl groups is 1. The Morgan fingerprint density at radius 2 is 1.52 bits per heavy atom. The fourth-order valence-corrected chi connectivity index (χ4v) is 3.24. The van der Waals surface area contributed by atoms with Crippen LogP contribution in [0.1, 0.15) is 44.1 Å². The SMILES string of the molecule is NC(=O)CCCCCCC(=O)Nc1ccc(CC(=O)N(CCO)c2ccccc2)cc1. The van der Waals surface area contributed by atoms with Gasteiger partial charge in [0.25, 0.3) is 0 Å². The van der Waals surface area contributed by atoms with Crippen molar-refractivity contribution >= 4 is 29.1 Å². The molecular formula is C24H31N3O4. The third-order valence-corrected chi connectivity index (χ3v) is 4.86. The maximum Gasteiger partial charge on any atom is 0.231 e. The average molecular weight is 426 g/mol. The van der Waals surface area contributed by atoms with Crippen LogP contribution in [0.3, 0.4) is 0 Å². The number of nitrogens with zero attached hydrogens (tertiary/aromatic N) is 1. The fraction of sp³-hybridized carbons (Fsp3) is 0.375. The van der Waals surface area contributed by atoms with Gasteiger partial charge in [-0.15, -0.1) is 0 Å². The molecule has 0 aromatic heterocycles. The number of carbonyl (C=O) groups is 3. The largest absolute Gasteiger partial charge is 0.395 e. The minimum Gasteiger partial charge on any atom is -0.395 e. The normalized spacial score (nSPS) is 10.5. The first-order valence-corrected chi connectivity index (χ1v) is 10.6. The van der Waals surface area contributed by atoms with Crippen LogP contribution in [0.15, 0.2) is 54.6 Å². The van der Waals surface area contributed by atoms with Crippen LogP contribution in [0.25, 0.3) is 0 Å². The minimum absolute atomic E-state index is 0.0584. The summed E-state index contributed by atoms with van der Waals surface area (Å²) in [5, 5.41) is 12.2. The number of rotatable bonds is 13. The van der Waals surface area contributed by atoms with Crippen molar-refractivity contribution in [3.8, 4) is 0 Å². The maximum absolute atomic E-state index is 12.7. The minimum atomic E-state index is -0.288. The van der Waals surface area contributed by atoms with Gasteiger partial charge in [0.05, 0.1) is 13.0 Å². The van der Waals surface area contributed by atoms with E-state index in [-0.39, 0.29) is 37.3 Å². The van der Waals surface area contributed by atoms with E-state index < -0.39 is 0 Å². The molecule has 0 aliphatic heterocycles. The molecular weight excluding hydrogens is 394 g/mol. The number of aliphatic hydroxyl groups excluding tert-OH is 1. The van der Waals surface area contributed by atoms with E-state index in [1.165, 1.54) is 0 Å². The smallest absolute Gasteiger partial charge is 0.231 e. The van der Waals surface area contributed by atoms with Crippen LogP contribution in [0, 0.1) is 0 Å². The molecule has 31 heavy (non-hydrogen) atoms. The molecule has 7 heteroatoms. The van der Waals surface area contributed by atoms with Crippen LogP contribution in [0.4, 0.5) is 11.4 Å². The monoisotopic (exact) mass is 425 g/mol. The molecule has 0 spiro atoms. The Morgan fingerprint density at radius 1 is 0.871 bits per heavy atom. The predicted octanol–water partition coefficient (Wildman–Crippen LogP) is 3.02. The third kappa shape index (κ3) is 9.00. The van der Waals surface area contributed by atoms with Gasteiger partial charge in [-0.05, 0) is 42.7 Å². The zero-order valence-corrected chi connectivity index (χ0v) is 17.8. The molecule has 0 bridgehead atoms. The van der Waals surface area contributed by atoms with E-state index in [1.807, 2.05) is 42.5 Å². The molecule has 0 radical (unpaired) electrons. The lowest BCUT2D eigenvalue weighted by molar-refractivity contribution is -0.119. The molecule has 2 aromatic rings. The van der Waals surface area contributed by atoms with Gasteiger partial charge < -0.3 is 21.1 Å². The molecule has 3 amide bonds. The summed E-state index contributed by atoms with van der Waals surface area (Å²) in [7, 11) is 0. The number of nitrogens with one attached hydrogen (secondary N) is 1. The van der Waals surface area contributed by atoms with E-state index in [0.717, 1.165) is 36.9 Å². The summed E-state index contributed by atoms with van der Waals surface area (Å²) in [4.78, 5) is 37.0. The Balaban J connectivity index is 1.79. The first kappa shape index (κ1) is 24.1. The lowest BCUT2D eigenvalue weighted by atomic mass is 10.1. The molecule has 0 aliphatic carbocycles. The lowest BCUT2D eigenvalue weighted by Crippen LogP contribution is -2.34. The van der Waals surface area contributed by atoms with Crippen LogP contribution >= 0.6 is 0 Å². The van der Waals surface area contributed by atoms with Crippen molar-refractivity contribution in [1.82, 2.24) is 0 Å². The number of benzene rings is 2. The highest BCUT2D eigenvalue weighted by atomic mass is 16.3. The van der Waals surface area contributed by atoms with Crippen LogP contribution in [-0.4, -0.2) is 36.0 Å². The zero-order valence-electron chi connectivity index (χ0n) is 17.8. The quantitative estimate of drug-likeness (QED) is 0.428. The first-order chi connectivity index (χ1) is 15.0. The van der Waals surface area contributed by atoms with E-state index in [4.69, 9.17) is 5.73 Å². The Labute approximate surface area is 183 Å². The second kappa shape index (κ2) is 13.2. The highest BCUT2D eigenvalue weighted by molar-refractivity contribution is 5.95. The molecule has 0 atom stereocenters. The molecule has 0 saturated carbocycles. The summed E-state index contributed by atoms with van der Waals surface area (Å²) in [5.74, 6) is -0.450. The summed E-state index contributed by atoms with van der Waals surface area (Å²) in [6, 6.07) is 16.5. The number of hydrogen-bond acceptors (Lipinski definition) is 4. The molecule has 7 nitrogen and oxygen atoms in total. The van der Waals surface area contributed by atoms with Gasteiger partial charge in [-0.3, -0.25) is 14.4 Å². The number of carbonyl (C=O) groups excluding carboxylic acids is 3. The van der Waals surface area contributed by atoms with Crippen LogP contribution in [-0.2, 0) is 20.8 Å². The van der Waals surface area contributed by atoms with Crippen molar-refractivity contribution in [2.24, 2.45) is 5.73 Å². The number of amides is 3. The standard InChI is InChI=1S/C24H31N3O4/c25-22(29)10-6-1-2-7-11-23(30)26-20-14-12-19(13-15-20)18-24(31)27(16-17-28)21-8-4-3-5-9-21/h3-5,8-9,12-15,28H,1-2,6-7,10-11,16-18H2,(H2,25,29)(H,26,30). The maximum atomic E-state index is 12.7. The topological polar surface area (TPSA) is 113 Å². The summed E-state index contributed by atoms with van der Waals surface area (Å²) in [6.45, 7) is 0.121. The van der Waals surface area contributed by atoms with Crippen LogP contribution in [0.2, 0.25) is 0 Å². The van der Waals surface area contributed by atoms with Crippen molar-refractivity contribution in [2.75, 3.05) is 23.4 Å². The second-order valence-corrected chi connectivity index (χ2v) is 7.41. The number of anilines is 2. The Hall–Kier alpha value is -3.19. The third-order valence-electron chi connectivity index (χ3n) is 4.86. The van der Waals surface area contributed by atoms with Crippen LogP contribution < -0.4 is 16.0 Å². The molecule has 166 valence electrons. The van der Waals surface area contributed by atoms with Gasteiger partial charge in [-0.2, -0.15) is 0 Å². The number of hydrogen-bond donors (Lipinski definition) is 3. The fourth-order valence-electron chi connectivity index (χ4n) is 3.24. The molecule has 0 saturated heterocycles. The van der Waals surface area contributed by atoms with Crippen molar-refractivity contribution in [3.63, 3.8) is 0 Å². The predicted molar refractivity (Wildman–Crippen MR) is 122 cm³/mol. The van der Waals surface area contributed by atoms with Gasteiger partial charge in [0, 0.05) is 30.8 Å². The van der Waals surface area contributed by atoms with Crippen molar-refractivity contribution in [3.05, 3.63) is 60.2 Å². The molecule has 2 aromatic carbocycles. The summed E-state index contributed by atoms with van der Waals surface area (Å²) >= 11 is 0. The van der Waals surface area contributed by atoms with E-state index in [1.54, 1.807) is 17.0 Å². The highest BCUT2D eigenvalue weighted by Crippen LogP contribution is 2.17. The number of para-hydroxylation sites is 1. The van der Waals surface area contributed by atoms with Crippen molar-refractivity contribution in [2.45, 2.75) is 44.9 Å². The summed E-state index contributed by atoms with van der Waals surface area (Å²) in [5.41, 5.74) is 7.36. The van der Waals surface area contributed by atoms with Gasteiger partial charge in [-0.25, -0.2) is 0 Å². The summed E-state index contributed by atoms with van der Waals surface area (Å²) < 4.78 is 0. The second-order valence-electron chi connectivity index (χ2n) is 7.41. The van der Waals surface area contributed by atoms with E-state index in [2.05, 4.69) is 5.32 Å². The molecule has 0 aliphatic rings. The first-order valence-electron chi connectivity index (χ1n) is 10.6. The van der Waals surface area contributed by atoms with E-state index >= 15 is 0 Å². The van der Waals surface area contributed by atoms with E-state index in [0.29, 0.717) is 18.5 Å². The zero-order chi connectivity index (χ0) is 22.5. The Morgan fingerprint density at radius 3 is 2.13 bits per heavy atom. The number of primary amides is 1. The number of nitrogens with two attached hydrogens (primary N) is 1. The molecule has 0 fully saturated rings. The van der Waals surface area contributed by atoms with E-state index in [9.17, 15) is 19.5 Å². The lowest BCUT2D eigenvalue weighted by Gasteiger charge is -2.22.